The average Bonchev–Trinajstić information content (AvgIpc) is 2.16. The summed E-state index contributed by atoms with van der Waals surface area (Å²) in [6.07, 6.45) is 0. The summed E-state index contributed by atoms with van der Waals surface area (Å²) in [6.45, 7) is 0. The molecule has 0 aliphatic rings. The number of hydrogen-bond acceptors (Lipinski definition) is 3. The molecule has 5 heteroatoms. The van der Waals surface area contributed by atoms with Gasteiger partial charge in [-0.1, -0.05) is 23.7 Å². The zero-order valence-corrected chi connectivity index (χ0v) is 8.48. The van der Waals surface area contributed by atoms with Crippen LogP contribution in [0.2, 0.25) is 5.02 Å². The molecule has 0 unspecified atom stereocenters. The van der Waals surface area contributed by atoms with Crippen LogP contribution in [0.5, 0.6) is 5.75 Å². The highest BCUT2D eigenvalue weighted by atomic mass is 35.5. The van der Waals surface area contributed by atoms with Crippen LogP contribution in [0.25, 0.3) is 10.8 Å². The first-order valence-corrected chi connectivity index (χ1v) is 4.76. The Morgan fingerprint density at radius 3 is 2.67 bits per heavy atom. The van der Waals surface area contributed by atoms with Crippen molar-refractivity contribution in [1.29, 1.82) is 0 Å². The van der Waals surface area contributed by atoms with Gasteiger partial charge in [-0.25, -0.2) is 0 Å². The van der Waals surface area contributed by atoms with Gasteiger partial charge in [0.1, 0.15) is 5.75 Å². The maximum atomic E-state index is 8.73. The third-order valence-electron chi connectivity index (χ3n) is 2.03. The molecule has 15 heavy (non-hydrogen) atoms. The van der Waals surface area contributed by atoms with E-state index in [1.165, 1.54) is 0 Å². The summed E-state index contributed by atoms with van der Waals surface area (Å²) in [6, 6.07) is 10.6. The van der Waals surface area contributed by atoms with E-state index in [2.05, 4.69) is 0 Å². The van der Waals surface area contributed by atoms with Crippen molar-refractivity contribution < 1.29 is 14.7 Å². The molecule has 0 radical (unpaired) electrons. The maximum absolute atomic E-state index is 8.73. The molecule has 0 atom stereocenters. The van der Waals surface area contributed by atoms with Gasteiger partial charge in [-0.05, 0) is 29.7 Å². The van der Waals surface area contributed by atoms with Crippen LogP contribution >= 0.6 is 11.6 Å². The van der Waals surface area contributed by atoms with E-state index in [-0.39, 0.29) is 0 Å². The second-order valence-corrected chi connectivity index (χ2v) is 3.50. The predicted molar refractivity (Wildman–Crippen MR) is 59.8 cm³/mol. The van der Waals surface area contributed by atoms with E-state index < -0.39 is 7.32 Å². The molecule has 2 N–H and O–H groups in total. The van der Waals surface area contributed by atoms with Gasteiger partial charge in [-0.2, -0.15) is 0 Å². The lowest BCUT2D eigenvalue weighted by Gasteiger charge is -2.08. The van der Waals surface area contributed by atoms with Crippen molar-refractivity contribution in [3.63, 3.8) is 0 Å². The monoisotopic (exact) mass is 222 g/mol. The van der Waals surface area contributed by atoms with Crippen LogP contribution in [0, 0.1) is 0 Å². The molecule has 0 amide bonds. The SMILES string of the molecule is OB(O)Oc1cccc2cc(Cl)ccc12. The maximum Gasteiger partial charge on any atom is 0.707 e. The lowest BCUT2D eigenvalue weighted by Crippen LogP contribution is -2.20. The van der Waals surface area contributed by atoms with Gasteiger partial charge < -0.3 is 14.7 Å². The molecule has 2 rings (SSSR count). The van der Waals surface area contributed by atoms with E-state index in [0.29, 0.717) is 10.8 Å². The van der Waals surface area contributed by atoms with Gasteiger partial charge in [0.15, 0.2) is 0 Å². The first kappa shape index (κ1) is 10.3. The molecule has 0 saturated heterocycles. The smallest absolute Gasteiger partial charge is 0.512 e. The Labute approximate surface area is 92.0 Å². The number of halogens is 1. The van der Waals surface area contributed by atoms with Crippen LogP contribution in [0.3, 0.4) is 0 Å². The van der Waals surface area contributed by atoms with E-state index >= 15 is 0 Å². The van der Waals surface area contributed by atoms with Gasteiger partial charge in [0, 0.05) is 10.4 Å². The van der Waals surface area contributed by atoms with Gasteiger partial charge in [-0.3, -0.25) is 0 Å². The molecule has 3 nitrogen and oxygen atoms in total. The van der Waals surface area contributed by atoms with Gasteiger partial charge in [0.2, 0.25) is 0 Å². The summed E-state index contributed by atoms with van der Waals surface area (Å²) >= 11 is 5.84. The van der Waals surface area contributed by atoms with Gasteiger partial charge in [0.05, 0.1) is 0 Å². The molecular weight excluding hydrogens is 214 g/mol. The Balaban J connectivity index is 2.56. The summed E-state index contributed by atoms with van der Waals surface area (Å²) in [5.41, 5.74) is 0. The number of fused-ring (bicyclic) bond motifs is 1. The molecule has 76 valence electrons. The van der Waals surface area contributed by atoms with Gasteiger partial charge in [-0.15, -0.1) is 0 Å². The molecule has 0 aliphatic heterocycles. The summed E-state index contributed by atoms with van der Waals surface area (Å²) in [7, 11) is -1.81. The Bertz CT molecular complexity index is 487. The van der Waals surface area contributed by atoms with E-state index in [1.807, 2.05) is 6.07 Å². The van der Waals surface area contributed by atoms with Crippen LogP contribution in [0.4, 0.5) is 0 Å². The fraction of sp³-hybridized carbons (Fsp3) is 0. The van der Waals surface area contributed by atoms with Crippen molar-refractivity contribution in [2.24, 2.45) is 0 Å². The Morgan fingerprint density at radius 2 is 1.93 bits per heavy atom. The van der Waals surface area contributed by atoms with E-state index in [1.54, 1.807) is 30.3 Å². The Kier molecular flexibility index (Phi) is 2.82. The summed E-state index contributed by atoms with van der Waals surface area (Å²) < 4.78 is 4.84. The van der Waals surface area contributed by atoms with E-state index in [4.69, 9.17) is 26.3 Å². The van der Waals surface area contributed by atoms with Crippen molar-refractivity contribution in [2.45, 2.75) is 0 Å². The van der Waals surface area contributed by atoms with Crippen LogP contribution < -0.4 is 4.65 Å². The predicted octanol–water partition coefficient (Wildman–Crippen LogP) is 1.84. The normalized spacial score (nSPS) is 10.3. The van der Waals surface area contributed by atoms with Crippen LogP contribution in [-0.2, 0) is 0 Å². The second-order valence-electron chi connectivity index (χ2n) is 3.07. The lowest BCUT2D eigenvalue weighted by molar-refractivity contribution is 0.289. The van der Waals surface area contributed by atoms with Crippen LogP contribution in [0.1, 0.15) is 0 Å². The molecule has 0 saturated carbocycles. The lowest BCUT2D eigenvalue weighted by atomic mass is 10.1. The third-order valence-corrected chi connectivity index (χ3v) is 2.27. The molecule has 0 fully saturated rings. The van der Waals surface area contributed by atoms with Crippen molar-refractivity contribution in [3.05, 3.63) is 41.4 Å². The second kappa shape index (κ2) is 4.10. The molecule has 0 spiro atoms. The Morgan fingerprint density at radius 1 is 1.13 bits per heavy atom. The number of benzene rings is 2. The highest BCUT2D eigenvalue weighted by molar-refractivity contribution is 6.34. The third kappa shape index (κ3) is 2.23. The molecule has 0 bridgehead atoms. The standard InChI is InChI=1S/C10H8BClO3/c12-8-4-5-9-7(6-8)2-1-3-10(9)15-11(13)14/h1-6,13-14H. The highest BCUT2D eigenvalue weighted by Gasteiger charge is 2.12. The van der Waals surface area contributed by atoms with Crippen molar-refractivity contribution >= 4 is 29.7 Å². The van der Waals surface area contributed by atoms with E-state index in [0.717, 1.165) is 10.8 Å². The van der Waals surface area contributed by atoms with Crippen molar-refractivity contribution in [1.82, 2.24) is 0 Å². The van der Waals surface area contributed by atoms with Crippen LogP contribution in [0.15, 0.2) is 36.4 Å². The first-order valence-electron chi connectivity index (χ1n) is 4.38. The minimum Gasteiger partial charge on any atom is -0.512 e. The molecule has 0 heterocycles. The summed E-state index contributed by atoms with van der Waals surface area (Å²) in [5.74, 6) is 0.416. The minimum atomic E-state index is -1.81. The van der Waals surface area contributed by atoms with Gasteiger partial charge in [0.25, 0.3) is 0 Å². The number of hydrogen-bond donors (Lipinski definition) is 2. The number of rotatable bonds is 2. The molecular formula is C10H8BClO3. The molecule has 0 aliphatic carbocycles. The largest absolute Gasteiger partial charge is 0.707 e. The van der Waals surface area contributed by atoms with Crippen molar-refractivity contribution in [3.8, 4) is 5.75 Å². The Hall–Kier alpha value is -1.23. The first-order chi connectivity index (χ1) is 7.16. The van der Waals surface area contributed by atoms with Gasteiger partial charge >= 0.3 is 7.32 Å². The quantitative estimate of drug-likeness (QED) is 0.762. The zero-order chi connectivity index (χ0) is 10.8. The summed E-state index contributed by atoms with van der Waals surface area (Å²) in [5, 5.41) is 19.8. The topological polar surface area (TPSA) is 49.7 Å². The fourth-order valence-electron chi connectivity index (χ4n) is 1.44. The zero-order valence-electron chi connectivity index (χ0n) is 7.72. The summed E-state index contributed by atoms with van der Waals surface area (Å²) in [4.78, 5) is 0. The molecule has 2 aromatic rings. The molecule has 2 aromatic carbocycles. The van der Waals surface area contributed by atoms with Crippen molar-refractivity contribution in [2.75, 3.05) is 0 Å². The molecule has 0 aromatic heterocycles. The highest BCUT2D eigenvalue weighted by Crippen LogP contribution is 2.27. The minimum absolute atomic E-state index is 0.416. The van der Waals surface area contributed by atoms with E-state index in [9.17, 15) is 0 Å². The average molecular weight is 222 g/mol. The fourth-order valence-corrected chi connectivity index (χ4v) is 1.62. The van der Waals surface area contributed by atoms with Crippen LogP contribution in [-0.4, -0.2) is 17.4 Å².